The number of nitrogens with zero attached hydrogens (tertiary/aromatic N) is 1. The van der Waals surface area contributed by atoms with E-state index in [-0.39, 0.29) is 24.4 Å². The summed E-state index contributed by atoms with van der Waals surface area (Å²) in [6, 6.07) is 1.85. The van der Waals surface area contributed by atoms with Crippen LogP contribution >= 0.6 is 28.3 Å². The van der Waals surface area contributed by atoms with Crippen LogP contribution in [0.4, 0.5) is 10.1 Å². The first-order chi connectivity index (χ1) is 7.47. The molecule has 1 aromatic carbocycles. The van der Waals surface area contributed by atoms with E-state index in [9.17, 15) is 19.6 Å². The van der Waals surface area contributed by atoms with Crippen LogP contribution in [0.1, 0.15) is 18.0 Å². The molecule has 0 heterocycles. The number of nitrogens with two attached hydrogens (primary N) is 1. The van der Waals surface area contributed by atoms with Gasteiger partial charge in [-0.2, -0.15) is 0 Å². The van der Waals surface area contributed by atoms with Crippen LogP contribution in [0.3, 0.4) is 0 Å². The van der Waals surface area contributed by atoms with Crippen LogP contribution in [-0.4, -0.2) is 16.7 Å². The molecule has 1 aromatic rings. The molecule has 0 amide bonds. The van der Waals surface area contributed by atoms with E-state index in [0.717, 1.165) is 0 Å². The monoisotopic (exact) mass is 328 g/mol. The average molecular weight is 330 g/mol. The van der Waals surface area contributed by atoms with Gasteiger partial charge in [-0.15, -0.1) is 12.4 Å². The van der Waals surface area contributed by atoms with Gasteiger partial charge in [-0.25, -0.2) is 0 Å². The molecule has 1 atom stereocenters. The Morgan fingerprint density at radius 2 is 2.18 bits per heavy atom. The topological polar surface area (TPSA) is 89.4 Å². The van der Waals surface area contributed by atoms with Crippen molar-refractivity contribution in [1.29, 1.82) is 0 Å². The minimum absolute atomic E-state index is 0. The number of benzene rings is 1. The van der Waals surface area contributed by atoms with E-state index < -0.39 is 29.1 Å². The Bertz CT molecular complexity index is 419. The first-order valence-electron chi connectivity index (χ1n) is 4.45. The molecule has 0 bridgehead atoms. The lowest BCUT2D eigenvalue weighted by Gasteiger charge is -2.12. The van der Waals surface area contributed by atoms with Crippen LogP contribution in [0, 0.1) is 10.1 Å². The maximum Gasteiger partial charge on any atom is 0.312 e. The Hall–Kier alpha value is -0.920. The van der Waals surface area contributed by atoms with Crippen molar-refractivity contribution in [3.05, 3.63) is 32.3 Å². The summed E-state index contributed by atoms with van der Waals surface area (Å²) >= 11 is 3.07. The van der Waals surface area contributed by atoms with Gasteiger partial charge in [0.05, 0.1) is 11.6 Å². The molecule has 0 aliphatic heterocycles. The van der Waals surface area contributed by atoms with E-state index >= 15 is 0 Å². The van der Waals surface area contributed by atoms with Crippen molar-refractivity contribution >= 4 is 34.0 Å². The van der Waals surface area contributed by atoms with E-state index in [1.54, 1.807) is 0 Å². The molecule has 96 valence electrons. The Morgan fingerprint density at radius 3 is 2.65 bits per heavy atom. The van der Waals surface area contributed by atoms with Gasteiger partial charge in [-0.3, -0.25) is 14.5 Å². The van der Waals surface area contributed by atoms with E-state index in [0.29, 0.717) is 4.47 Å². The molecule has 5 nitrogen and oxygen atoms in total. The highest BCUT2D eigenvalue weighted by molar-refractivity contribution is 9.10. The SMILES string of the molecule is Cl.N[C@@H](CCF)c1cc(Br)cc([N+](=O)[O-])c1O. The number of phenolic OH excluding ortho intramolecular Hbond substituents is 1. The number of aromatic hydroxyl groups is 1. The minimum atomic E-state index is -0.763. The summed E-state index contributed by atoms with van der Waals surface area (Å²) in [5.41, 5.74) is 5.32. The van der Waals surface area contributed by atoms with Gasteiger partial charge in [0, 0.05) is 22.1 Å². The maximum atomic E-state index is 12.1. The van der Waals surface area contributed by atoms with Crippen LogP contribution in [0.5, 0.6) is 5.75 Å². The third kappa shape index (κ3) is 3.79. The molecule has 0 aromatic heterocycles. The van der Waals surface area contributed by atoms with Crippen LogP contribution in [0.15, 0.2) is 16.6 Å². The third-order valence-corrected chi connectivity index (χ3v) is 2.56. The quantitative estimate of drug-likeness (QED) is 0.656. The fourth-order valence-electron chi connectivity index (χ4n) is 1.30. The van der Waals surface area contributed by atoms with Crippen molar-refractivity contribution in [2.24, 2.45) is 5.73 Å². The molecule has 0 radical (unpaired) electrons. The molecule has 8 heteroatoms. The predicted molar refractivity (Wildman–Crippen MR) is 67.2 cm³/mol. The van der Waals surface area contributed by atoms with Gasteiger partial charge < -0.3 is 10.8 Å². The van der Waals surface area contributed by atoms with Gasteiger partial charge in [0.2, 0.25) is 0 Å². The zero-order valence-corrected chi connectivity index (χ0v) is 11.0. The lowest BCUT2D eigenvalue weighted by atomic mass is 10.0. The Balaban J connectivity index is 0.00000256. The molecule has 3 N–H and O–H groups in total. The highest BCUT2D eigenvalue weighted by Gasteiger charge is 2.21. The second kappa shape index (κ2) is 6.73. The lowest BCUT2D eigenvalue weighted by molar-refractivity contribution is -0.386. The van der Waals surface area contributed by atoms with E-state index in [2.05, 4.69) is 15.9 Å². The number of alkyl halides is 1. The van der Waals surface area contributed by atoms with Gasteiger partial charge in [-0.05, 0) is 12.5 Å². The molecular weight excluding hydrogens is 318 g/mol. The van der Waals surface area contributed by atoms with Gasteiger partial charge in [0.15, 0.2) is 5.75 Å². The lowest BCUT2D eigenvalue weighted by Crippen LogP contribution is -2.11. The van der Waals surface area contributed by atoms with Crippen molar-refractivity contribution in [2.75, 3.05) is 6.67 Å². The van der Waals surface area contributed by atoms with Crippen LogP contribution in [-0.2, 0) is 0 Å². The number of hydrogen-bond donors (Lipinski definition) is 2. The summed E-state index contributed by atoms with van der Waals surface area (Å²) < 4.78 is 12.5. The largest absolute Gasteiger partial charge is 0.502 e. The standard InChI is InChI=1S/C9H10BrFN2O3.ClH/c10-5-3-6(7(12)1-2-11)9(14)8(4-5)13(15)16;/h3-4,7,14H,1-2,12H2;1H/t7-;/m0./s1. The summed E-state index contributed by atoms with van der Waals surface area (Å²) in [6.07, 6.45) is 0.00116. The van der Waals surface area contributed by atoms with Crippen molar-refractivity contribution in [2.45, 2.75) is 12.5 Å². The first-order valence-corrected chi connectivity index (χ1v) is 5.25. The molecule has 0 saturated heterocycles. The molecule has 1 rings (SSSR count). The molecule has 0 spiro atoms. The van der Waals surface area contributed by atoms with Gasteiger partial charge in [-0.1, -0.05) is 15.9 Å². The van der Waals surface area contributed by atoms with Crippen LogP contribution < -0.4 is 5.73 Å². The summed E-state index contributed by atoms with van der Waals surface area (Å²) in [4.78, 5) is 9.90. The van der Waals surface area contributed by atoms with E-state index in [1.807, 2.05) is 0 Å². The van der Waals surface area contributed by atoms with Gasteiger partial charge >= 0.3 is 5.69 Å². The zero-order chi connectivity index (χ0) is 12.3. The van der Waals surface area contributed by atoms with Crippen molar-refractivity contribution in [3.8, 4) is 5.75 Å². The number of nitro groups is 1. The molecule has 0 unspecified atom stereocenters. The first kappa shape index (κ1) is 16.1. The van der Waals surface area contributed by atoms with E-state index in [1.165, 1.54) is 12.1 Å². The number of rotatable bonds is 4. The van der Waals surface area contributed by atoms with Crippen molar-refractivity contribution in [3.63, 3.8) is 0 Å². The fraction of sp³-hybridized carbons (Fsp3) is 0.333. The number of nitro benzene ring substituents is 1. The summed E-state index contributed by atoms with van der Waals surface area (Å²) in [5.74, 6) is -0.505. The smallest absolute Gasteiger partial charge is 0.312 e. The number of phenols is 1. The fourth-order valence-corrected chi connectivity index (χ4v) is 1.76. The van der Waals surface area contributed by atoms with E-state index in [4.69, 9.17) is 5.73 Å². The molecular formula is C9H11BrClFN2O3. The Morgan fingerprint density at radius 1 is 1.59 bits per heavy atom. The molecule has 0 saturated carbocycles. The Kier molecular flexibility index (Phi) is 6.36. The Labute approximate surface area is 111 Å². The minimum Gasteiger partial charge on any atom is -0.502 e. The molecule has 0 aliphatic carbocycles. The van der Waals surface area contributed by atoms with Crippen molar-refractivity contribution < 1.29 is 14.4 Å². The molecule has 0 fully saturated rings. The second-order valence-corrected chi connectivity index (χ2v) is 4.12. The summed E-state index contributed by atoms with van der Waals surface area (Å²) in [5, 5.41) is 20.2. The van der Waals surface area contributed by atoms with Gasteiger partial charge in [0.1, 0.15) is 0 Å². The zero-order valence-electron chi connectivity index (χ0n) is 8.60. The third-order valence-electron chi connectivity index (χ3n) is 2.10. The van der Waals surface area contributed by atoms with Gasteiger partial charge in [0.25, 0.3) is 0 Å². The molecule has 0 aliphatic rings. The average Bonchev–Trinajstić information content (AvgIpc) is 2.20. The van der Waals surface area contributed by atoms with Crippen LogP contribution in [0.2, 0.25) is 0 Å². The highest BCUT2D eigenvalue weighted by Crippen LogP contribution is 2.36. The summed E-state index contributed by atoms with van der Waals surface area (Å²) in [6.45, 7) is -0.652. The summed E-state index contributed by atoms with van der Waals surface area (Å²) in [7, 11) is 0. The predicted octanol–water partition coefficient (Wildman–Crippen LogP) is 2.84. The number of hydrogen-bond acceptors (Lipinski definition) is 4. The molecule has 17 heavy (non-hydrogen) atoms. The number of halogens is 3. The highest BCUT2D eigenvalue weighted by atomic mass is 79.9. The maximum absolute atomic E-state index is 12.1. The normalized spacial score (nSPS) is 11.7. The van der Waals surface area contributed by atoms with Crippen LogP contribution in [0.25, 0.3) is 0 Å². The second-order valence-electron chi connectivity index (χ2n) is 3.20. The van der Waals surface area contributed by atoms with Crippen molar-refractivity contribution in [1.82, 2.24) is 0 Å².